The van der Waals surface area contributed by atoms with Gasteiger partial charge in [0.15, 0.2) is 0 Å². The van der Waals surface area contributed by atoms with Gasteiger partial charge in [-0.2, -0.15) is 0 Å². The van der Waals surface area contributed by atoms with Crippen LogP contribution in [-0.2, 0) is 6.42 Å². The van der Waals surface area contributed by atoms with Crippen molar-refractivity contribution in [3.63, 3.8) is 0 Å². The number of fused-ring (bicyclic) bond motifs is 1. The third-order valence-corrected chi connectivity index (χ3v) is 2.83. The number of hydrogen-bond donors (Lipinski definition) is 1. The number of halogens is 1. The van der Waals surface area contributed by atoms with E-state index in [4.69, 9.17) is 5.73 Å². The third-order valence-electron chi connectivity index (χ3n) is 2.14. The van der Waals surface area contributed by atoms with Crippen LogP contribution in [0.3, 0.4) is 0 Å². The van der Waals surface area contributed by atoms with Crippen molar-refractivity contribution >= 4 is 15.9 Å². The Morgan fingerprint density at radius 2 is 2.36 bits per heavy atom. The van der Waals surface area contributed by atoms with Gasteiger partial charge in [-0.15, -0.1) is 0 Å². The molecule has 2 rings (SSSR count). The predicted octanol–water partition coefficient (Wildman–Crippen LogP) is 1.79. The minimum absolute atomic E-state index is 0.204. The second-order valence-electron chi connectivity index (χ2n) is 2.83. The van der Waals surface area contributed by atoms with Gasteiger partial charge in [-0.3, -0.25) is 4.98 Å². The van der Waals surface area contributed by atoms with Crippen LogP contribution < -0.4 is 5.73 Å². The standard InChI is InChI=1S/C8H9BrN2/c9-7-4-11-3-6-5(7)1-2-8(6)10/h3-4,8H,1-2,10H2/t8-/m0/s1. The Hall–Kier alpha value is -0.410. The molecule has 1 atom stereocenters. The summed E-state index contributed by atoms with van der Waals surface area (Å²) in [6, 6.07) is 0.204. The van der Waals surface area contributed by atoms with Crippen LogP contribution in [0.5, 0.6) is 0 Å². The van der Waals surface area contributed by atoms with Crippen LogP contribution in [0.2, 0.25) is 0 Å². The van der Waals surface area contributed by atoms with Crippen LogP contribution in [0.4, 0.5) is 0 Å². The highest BCUT2D eigenvalue weighted by molar-refractivity contribution is 9.10. The van der Waals surface area contributed by atoms with Crippen molar-refractivity contribution in [1.29, 1.82) is 0 Å². The second-order valence-corrected chi connectivity index (χ2v) is 3.69. The predicted molar refractivity (Wildman–Crippen MR) is 47.2 cm³/mol. The molecule has 58 valence electrons. The number of aromatic nitrogens is 1. The van der Waals surface area contributed by atoms with Crippen molar-refractivity contribution in [1.82, 2.24) is 4.98 Å². The number of nitrogens with two attached hydrogens (primary N) is 1. The maximum atomic E-state index is 5.85. The zero-order chi connectivity index (χ0) is 7.84. The molecule has 3 heteroatoms. The fraction of sp³-hybridized carbons (Fsp3) is 0.375. The van der Waals surface area contributed by atoms with E-state index in [9.17, 15) is 0 Å². The van der Waals surface area contributed by atoms with Gasteiger partial charge in [-0.25, -0.2) is 0 Å². The first-order valence-corrected chi connectivity index (χ1v) is 4.46. The normalized spacial score (nSPS) is 21.8. The fourth-order valence-corrected chi connectivity index (χ4v) is 2.06. The maximum Gasteiger partial charge on any atom is 0.0413 e. The number of rotatable bonds is 0. The lowest BCUT2D eigenvalue weighted by atomic mass is 10.1. The highest BCUT2D eigenvalue weighted by Gasteiger charge is 2.20. The van der Waals surface area contributed by atoms with Crippen LogP contribution in [0.25, 0.3) is 0 Å². The van der Waals surface area contributed by atoms with Gasteiger partial charge >= 0.3 is 0 Å². The first kappa shape index (κ1) is 7.25. The Balaban J connectivity index is 2.57. The zero-order valence-electron chi connectivity index (χ0n) is 6.05. The monoisotopic (exact) mass is 212 g/mol. The van der Waals surface area contributed by atoms with Crippen molar-refractivity contribution in [2.24, 2.45) is 5.73 Å². The molecule has 1 aliphatic rings. The van der Waals surface area contributed by atoms with Crippen LogP contribution in [-0.4, -0.2) is 4.98 Å². The third kappa shape index (κ3) is 1.08. The summed E-state index contributed by atoms with van der Waals surface area (Å²) in [4.78, 5) is 4.08. The maximum absolute atomic E-state index is 5.85. The van der Waals surface area contributed by atoms with E-state index in [0.717, 1.165) is 17.3 Å². The summed E-state index contributed by atoms with van der Waals surface area (Å²) < 4.78 is 1.10. The molecule has 0 saturated heterocycles. The SMILES string of the molecule is N[C@H]1CCc2c(Br)cncc21. The van der Waals surface area contributed by atoms with Gasteiger partial charge in [0.1, 0.15) is 0 Å². The average Bonchev–Trinajstić information content (AvgIpc) is 2.35. The van der Waals surface area contributed by atoms with E-state index in [-0.39, 0.29) is 6.04 Å². The van der Waals surface area contributed by atoms with E-state index < -0.39 is 0 Å². The Labute approximate surface area is 73.9 Å². The largest absolute Gasteiger partial charge is 0.324 e. The Kier molecular flexibility index (Phi) is 1.69. The van der Waals surface area contributed by atoms with Gasteiger partial charge in [-0.1, -0.05) is 0 Å². The van der Waals surface area contributed by atoms with Gasteiger partial charge in [0.2, 0.25) is 0 Å². The van der Waals surface area contributed by atoms with E-state index in [0.29, 0.717) is 0 Å². The summed E-state index contributed by atoms with van der Waals surface area (Å²) in [5.41, 5.74) is 8.40. The molecule has 1 aliphatic carbocycles. The van der Waals surface area contributed by atoms with Crippen molar-refractivity contribution in [3.05, 3.63) is 28.0 Å². The highest BCUT2D eigenvalue weighted by atomic mass is 79.9. The van der Waals surface area contributed by atoms with Crippen LogP contribution in [0.1, 0.15) is 23.6 Å². The first-order chi connectivity index (χ1) is 5.29. The Morgan fingerprint density at radius 1 is 1.55 bits per heavy atom. The lowest BCUT2D eigenvalue weighted by Crippen LogP contribution is -2.05. The van der Waals surface area contributed by atoms with Crippen molar-refractivity contribution < 1.29 is 0 Å². The molecule has 2 N–H and O–H groups in total. The molecule has 11 heavy (non-hydrogen) atoms. The summed E-state index contributed by atoms with van der Waals surface area (Å²) in [5.74, 6) is 0. The van der Waals surface area contributed by atoms with Crippen molar-refractivity contribution in [2.45, 2.75) is 18.9 Å². The first-order valence-electron chi connectivity index (χ1n) is 3.67. The lowest BCUT2D eigenvalue weighted by Gasteiger charge is -2.03. The van der Waals surface area contributed by atoms with Gasteiger partial charge in [0.25, 0.3) is 0 Å². The fourth-order valence-electron chi connectivity index (χ4n) is 1.52. The topological polar surface area (TPSA) is 38.9 Å². The van der Waals surface area contributed by atoms with Crippen molar-refractivity contribution in [3.8, 4) is 0 Å². The summed E-state index contributed by atoms with van der Waals surface area (Å²) in [5, 5.41) is 0. The summed E-state index contributed by atoms with van der Waals surface area (Å²) in [6.45, 7) is 0. The quantitative estimate of drug-likeness (QED) is 0.713. The molecule has 0 saturated carbocycles. The van der Waals surface area contributed by atoms with E-state index in [1.165, 1.54) is 11.1 Å². The average molecular weight is 213 g/mol. The number of pyridine rings is 1. The van der Waals surface area contributed by atoms with Crippen LogP contribution >= 0.6 is 15.9 Å². The molecular formula is C8H9BrN2. The minimum Gasteiger partial charge on any atom is -0.324 e. The molecule has 0 radical (unpaired) electrons. The molecule has 0 unspecified atom stereocenters. The van der Waals surface area contributed by atoms with Crippen LogP contribution in [0, 0.1) is 0 Å². The second kappa shape index (κ2) is 2.57. The molecule has 0 spiro atoms. The summed E-state index contributed by atoms with van der Waals surface area (Å²) in [7, 11) is 0. The highest BCUT2D eigenvalue weighted by Crippen LogP contribution is 2.32. The molecule has 1 aromatic heterocycles. The molecule has 0 amide bonds. The molecule has 2 nitrogen and oxygen atoms in total. The molecule has 0 bridgehead atoms. The van der Waals surface area contributed by atoms with Gasteiger partial charge in [0, 0.05) is 22.9 Å². The molecule has 1 heterocycles. The smallest absolute Gasteiger partial charge is 0.0413 e. The van der Waals surface area contributed by atoms with Gasteiger partial charge in [-0.05, 0) is 39.9 Å². The molecule has 0 aromatic carbocycles. The minimum atomic E-state index is 0.204. The van der Waals surface area contributed by atoms with Crippen molar-refractivity contribution in [2.75, 3.05) is 0 Å². The number of nitrogens with zero attached hydrogens (tertiary/aromatic N) is 1. The molecular weight excluding hydrogens is 204 g/mol. The molecule has 1 aromatic rings. The molecule has 0 aliphatic heterocycles. The van der Waals surface area contributed by atoms with E-state index in [2.05, 4.69) is 20.9 Å². The van der Waals surface area contributed by atoms with E-state index in [1.807, 2.05) is 12.4 Å². The summed E-state index contributed by atoms with van der Waals surface area (Å²) in [6.07, 6.45) is 5.84. The van der Waals surface area contributed by atoms with Gasteiger partial charge in [0.05, 0.1) is 0 Å². The number of hydrogen-bond acceptors (Lipinski definition) is 2. The molecule has 0 fully saturated rings. The lowest BCUT2D eigenvalue weighted by molar-refractivity contribution is 0.712. The zero-order valence-corrected chi connectivity index (χ0v) is 7.63. The van der Waals surface area contributed by atoms with Gasteiger partial charge < -0.3 is 5.73 Å². The Bertz CT molecular complexity index is 285. The van der Waals surface area contributed by atoms with E-state index >= 15 is 0 Å². The summed E-state index contributed by atoms with van der Waals surface area (Å²) >= 11 is 3.46. The van der Waals surface area contributed by atoms with E-state index in [1.54, 1.807) is 0 Å². The van der Waals surface area contributed by atoms with Crippen LogP contribution in [0.15, 0.2) is 16.9 Å². The Morgan fingerprint density at radius 3 is 3.09 bits per heavy atom.